The van der Waals surface area contributed by atoms with Crippen molar-refractivity contribution in [1.29, 1.82) is 0 Å². The monoisotopic (exact) mass is 473 g/mol. The van der Waals surface area contributed by atoms with Gasteiger partial charge in [0, 0.05) is 68.7 Å². The zero-order chi connectivity index (χ0) is 24.0. The normalized spacial score (nSPS) is 43.5. The number of phenolic OH excluding ortho intramolecular Hbond substituents is 1. The van der Waals surface area contributed by atoms with Crippen molar-refractivity contribution >= 4 is 5.97 Å². The molecule has 2 heterocycles. The summed E-state index contributed by atoms with van der Waals surface area (Å²) in [6, 6.07) is 4.13. The number of esters is 1. The van der Waals surface area contributed by atoms with E-state index < -0.39 is 5.41 Å². The first-order valence-electron chi connectivity index (χ1n) is 12.3. The maximum Gasteiger partial charge on any atom is 0.302 e. The van der Waals surface area contributed by atoms with Crippen LogP contribution in [0.2, 0.25) is 0 Å². The van der Waals surface area contributed by atoms with Gasteiger partial charge in [-0.2, -0.15) is 0 Å². The van der Waals surface area contributed by atoms with Crippen LogP contribution in [0.25, 0.3) is 0 Å². The number of fused-ring (bicyclic) bond motifs is 3. The minimum atomic E-state index is -0.418. The van der Waals surface area contributed by atoms with Crippen LogP contribution in [-0.2, 0) is 23.7 Å². The van der Waals surface area contributed by atoms with Crippen molar-refractivity contribution in [3.8, 4) is 11.5 Å². The molecular formula is C26H35NO7. The summed E-state index contributed by atoms with van der Waals surface area (Å²) in [6.45, 7) is 6.40. The maximum atomic E-state index is 12.3. The van der Waals surface area contributed by atoms with E-state index in [1.54, 1.807) is 21.3 Å². The number of hydrogen-bond acceptors (Lipinski definition) is 8. The molecule has 0 amide bonds. The number of rotatable bonds is 6. The van der Waals surface area contributed by atoms with E-state index in [2.05, 4.69) is 11.8 Å². The van der Waals surface area contributed by atoms with Crippen LogP contribution in [0.1, 0.15) is 43.2 Å². The van der Waals surface area contributed by atoms with Gasteiger partial charge in [0.25, 0.3) is 0 Å². The average Bonchev–Trinajstić information content (AvgIpc) is 3.25. The van der Waals surface area contributed by atoms with Crippen molar-refractivity contribution in [1.82, 2.24) is 4.90 Å². The van der Waals surface area contributed by atoms with Gasteiger partial charge >= 0.3 is 5.97 Å². The standard InChI is InChI=1S/C26H35NO7/c1-6-27-11-25(12-30-3)19(34-13(2)28)9-20-26-16(10-33-20)14-7-17(29)18(31-4)8-15(14)21(24(26)27)22(32-5)23(25)26/h7-8,16,19-24,29H,6,9-12H2,1-5H3/t16-,19-,20+,21+,22+,23-,24?,25+,26+/m1/s1. The van der Waals surface area contributed by atoms with Gasteiger partial charge in [-0.1, -0.05) is 6.92 Å². The predicted octanol–water partition coefficient (Wildman–Crippen LogP) is 2.28. The van der Waals surface area contributed by atoms with Crippen LogP contribution in [0, 0.1) is 16.7 Å². The number of phenols is 1. The fraction of sp³-hybridized carbons (Fsp3) is 0.731. The fourth-order valence-electron chi connectivity index (χ4n) is 9.17. The second-order valence-electron chi connectivity index (χ2n) is 10.7. The molecule has 2 aliphatic heterocycles. The van der Waals surface area contributed by atoms with E-state index >= 15 is 0 Å². The number of nitrogens with zero attached hydrogens (tertiary/aromatic N) is 1. The molecule has 1 N–H and O–H groups in total. The smallest absolute Gasteiger partial charge is 0.302 e. The predicted molar refractivity (Wildman–Crippen MR) is 122 cm³/mol. The van der Waals surface area contributed by atoms with Crippen molar-refractivity contribution in [3.05, 3.63) is 23.3 Å². The molecule has 1 aromatic carbocycles. The molecule has 6 rings (SSSR count). The number of carbonyl (C=O) groups excluding carboxylic acids is 1. The van der Waals surface area contributed by atoms with Crippen molar-refractivity contribution in [3.63, 3.8) is 0 Å². The number of ether oxygens (including phenoxy) is 5. The summed E-state index contributed by atoms with van der Waals surface area (Å²) in [5.74, 6) is 0.652. The Kier molecular flexibility index (Phi) is 5.02. The highest BCUT2D eigenvalue weighted by Crippen LogP contribution is 2.77. The highest BCUT2D eigenvalue weighted by Gasteiger charge is 2.83. The molecule has 4 fully saturated rings. The quantitative estimate of drug-likeness (QED) is 0.630. The average molecular weight is 474 g/mol. The topological polar surface area (TPSA) is 86.7 Å². The number of methoxy groups -OCH3 is 3. The highest BCUT2D eigenvalue weighted by atomic mass is 16.6. The summed E-state index contributed by atoms with van der Waals surface area (Å²) < 4.78 is 30.5. The van der Waals surface area contributed by atoms with Gasteiger partial charge < -0.3 is 28.8 Å². The molecule has 186 valence electrons. The molecule has 1 spiro atoms. The first-order chi connectivity index (χ1) is 16.4. The summed E-state index contributed by atoms with van der Waals surface area (Å²) in [5.41, 5.74) is 1.69. The molecule has 8 nitrogen and oxygen atoms in total. The first kappa shape index (κ1) is 22.6. The number of piperidine rings is 1. The second kappa shape index (κ2) is 7.56. The zero-order valence-corrected chi connectivity index (χ0v) is 20.6. The van der Waals surface area contributed by atoms with Gasteiger partial charge in [-0.25, -0.2) is 0 Å². The molecule has 2 saturated heterocycles. The number of likely N-dealkylation sites (tertiary alicyclic amines) is 1. The molecule has 34 heavy (non-hydrogen) atoms. The van der Waals surface area contributed by atoms with Crippen molar-refractivity contribution < 1.29 is 33.6 Å². The third kappa shape index (κ3) is 2.45. The Morgan fingerprint density at radius 3 is 2.71 bits per heavy atom. The van der Waals surface area contributed by atoms with E-state index in [4.69, 9.17) is 23.7 Å². The van der Waals surface area contributed by atoms with E-state index in [9.17, 15) is 9.90 Å². The molecule has 2 saturated carbocycles. The molecule has 1 unspecified atom stereocenters. The van der Waals surface area contributed by atoms with E-state index in [0.717, 1.165) is 18.7 Å². The Hall–Kier alpha value is -1.87. The highest BCUT2D eigenvalue weighted by molar-refractivity contribution is 5.66. The summed E-state index contributed by atoms with van der Waals surface area (Å²) in [5, 5.41) is 10.7. The number of aromatic hydroxyl groups is 1. The number of likely N-dealkylation sites (N-methyl/N-ethyl adjacent to an activating group) is 1. The molecule has 1 aromatic rings. The minimum Gasteiger partial charge on any atom is -0.504 e. The minimum absolute atomic E-state index is 0.0591. The Labute approximate surface area is 200 Å². The molecule has 0 aromatic heterocycles. The zero-order valence-electron chi connectivity index (χ0n) is 20.6. The van der Waals surface area contributed by atoms with Crippen LogP contribution in [0.5, 0.6) is 11.5 Å². The Bertz CT molecular complexity index is 1020. The number of carbonyl (C=O) groups is 1. The van der Waals surface area contributed by atoms with Crippen LogP contribution < -0.4 is 4.74 Å². The molecule has 8 heteroatoms. The third-order valence-electron chi connectivity index (χ3n) is 9.80. The molecule has 3 aliphatic carbocycles. The summed E-state index contributed by atoms with van der Waals surface area (Å²) in [4.78, 5) is 14.8. The third-order valence-corrected chi connectivity index (χ3v) is 9.80. The second-order valence-corrected chi connectivity index (χ2v) is 10.7. The van der Waals surface area contributed by atoms with Crippen LogP contribution in [-0.4, -0.2) is 88.0 Å². The Morgan fingerprint density at radius 2 is 2.06 bits per heavy atom. The van der Waals surface area contributed by atoms with E-state index in [1.165, 1.54) is 12.5 Å². The Morgan fingerprint density at radius 1 is 1.26 bits per heavy atom. The van der Waals surface area contributed by atoms with Crippen LogP contribution in [0.3, 0.4) is 0 Å². The Balaban J connectivity index is 1.64. The summed E-state index contributed by atoms with van der Waals surface area (Å²) in [6.07, 6.45) is 0.181. The lowest BCUT2D eigenvalue weighted by Crippen LogP contribution is -2.74. The van der Waals surface area contributed by atoms with Crippen LogP contribution >= 0.6 is 0 Å². The van der Waals surface area contributed by atoms with Gasteiger partial charge in [0.15, 0.2) is 11.5 Å². The fourth-order valence-corrected chi connectivity index (χ4v) is 9.17. The largest absolute Gasteiger partial charge is 0.504 e. The van der Waals surface area contributed by atoms with Crippen LogP contribution in [0.15, 0.2) is 12.1 Å². The maximum absolute atomic E-state index is 12.3. The first-order valence-corrected chi connectivity index (χ1v) is 12.3. The van der Waals surface area contributed by atoms with E-state index in [0.29, 0.717) is 25.4 Å². The van der Waals surface area contributed by atoms with Gasteiger partial charge in [-0.15, -0.1) is 0 Å². The lowest BCUT2D eigenvalue weighted by Gasteiger charge is -2.65. The van der Waals surface area contributed by atoms with Gasteiger partial charge in [0.1, 0.15) is 6.10 Å². The molecule has 0 radical (unpaired) electrons. The number of benzene rings is 1. The lowest BCUT2D eigenvalue weighted by molar-refractivity contribution is -0.243. The van der Waals surface area contributed by atoms with Gasteiger partial charge in [-0.3, -0.25) is 9.69 Å². The number of hydrogen-bond donors (Lipinski definition) is 1. The molecule has 9 atom stereocenters. The summed E-state index contributed by atoms with van der Waals surface area (Å²) in [7, 11) is 5.11. The van der Waals surface area contributed by atoms with Crippen LogP contribution in [0.4, 0.5) is 0 Å². The van der Waals surface area contributed by atoms with Gasteiger partial charge in [-0.05, 0) is 29.8 Å². The lowest BCUT2D eigenvalue weighted by atomic mass is 9.45. The molecule has 5 bridgehead atoms. The van der Waals surface area contributed by atoms with E-state index in [1.807, 2.05) is 12.1 Å². The van der Waals surface area contributed by atoms with E-state index in [-0.39, 0.29) is 59.2 Å². The van der Waals surface area contributed by atoms with Crippen molar-refractivity contribution in [2.24, 2.45) is 16.7 Å². The molecule has 5 aliphatic rings. The SMILES string of the molecule is CCN1C[C@@]2(COC)[C@H]3[C@@H](OC)[C@@H]4c5cc(OC)c(O)cc5[C@H]5CO[C@@H](C[C@H]2OC(C)=O)[C@@]53C41. The van der Waals surface area contributed by atoms with Gasteiger partial charge in [0.2, 0.25) is 0 Å². The summed E-state index contributed by atoms with van der Waals surface area (Å²) >= 11 is 0. The van der Waals surface area contributed by atoms with Crippen molar-refractivity contribution in [2.45, 2.75) is 56.5 Å². The molecular weight excluding hydrogens is 438 g/mol. The van der Waals surface area contributed by atoms with Gasteiger partial charge in [0.05, 0.1) is 32.5 Å². The van der Waals surface area contributed by atoms with Crippen molar-refractivity contribution in [2.75, 3.05) is 47.6 Å².